The number of nitrogen functional groups attached to an aromatic ring is 1. The highest BCUT2D eigenvalue weighted by atomic mass is 32.1. The van der Waals surface area contributed by atoms with E-state index in [-0.39, 0.29) is 6.61 Å². The molecule has 6 heteroatoms. The van der Waals surface area contributed by atoms with Crippen LogP contribution < -0.4 is 10.6 Å². The molecule has 1 aliphatic heterocycles. The van der Waals surface area contributed by atoms with E-state index in [1.54, 1.807) is 11.3 Å². The number of anilines is 2. The SMILES string of the molecule is Nc1nc(N2CCC(CCO)C2)c2ccsc2n1. The van der Waals surface area contributed by atoms with Crippen molar-refractivity contribution in [2.24, 2.45) is 5.92 Å². The van der Waals surface area contributed by atoms with E-state index < -0.39 is 0 Å². The third-order valence-corrected chi connectivity index (χ3v) is 4.25. The van der Waals surface area contributed by atoms with Crippen LogP contribution in [0.2, 0.25) is 0 Å². The molecule has 2 aromatic rings. The van der Waals surface area contributed by atoms with Crippen LogP contribution in [-0.4, -0.2) is 34.8 Å². The maximum absolute atomic E-state index is 9.00. The van der Waals surface area contributed by atoms with Crippen LogP contribution in [0.15, 0.2) is 11.4 Å². The molecule has 0 bridgehead atoms. The summed E-state index contributed by atoms with van der Waals surface area (Å²) in [7, 11) is 0. The quantitative estimate of drug-likeness (QED) is 0.878. The summed E-state index contributed by atoms with van der Waals surface area (Å²) >= 11 is 1.59. The summed E-state index contributed by atoms with van der Waals surface area (Å²) in [6.07, 6.45) is 1.97. The molecule has 1 aliphatic rings. The van der Waals surface area contributed by atoms with Crippen molar-refractivity contribution in [2.75, 3.05) is 30.3 Å². The molecule has 0 radical (unpaired) electrons. The Morgan fingerprint density at radius 2 is 2.39 bits per heavy atom. The van der Waals surface area contributed by atoms with Gasteiger partial charge in [-0.25, -0.2) is 4.98 Å². The molecule has 0 amide bonds. The van der Waals surface area contributed by atoms with Crippen LogP contribution in [0, 0.1) is 5.92 Å². The van der Waals surface area contributed by atoms with Crippen LogP contribution in [0.4, 0.5) is 11.8 Å². The lowest BCUT2D eigenvalue weighted by atomic mass is 10.1. The third kappa shape index (κ3) is 2.02. The number of hydrogen-bond donors (Lipinski definition) is 2. The lowest BCUT2D eigenvalue weighted by molar-refractivity contribution is 0.263. The summed E-state index contributed by atoms with van der Waals surface area (Å²) in [6, 6.07) is 2.05. The first-order valence-electron chi connectivity index (χ1n) is 6.14. The topological polar surface area (TPSA) is 75.3 Å². The van der Waals surface area contributed by atoms with Crippen LogP contribution in [0.25, 0.3) is 10.2 Å². The van der Waals surface area contributed by atoms with Gasteiger partial charge in [0.15, 0.2) is 0 Å². The second-order valence-electron chi connectivity index (χ2n) is 4.66. The van der Waals surface area contributed by atoms with Crippen molar-refractivity contribution in [3.8, 4) is 0 Å². The second-order valence-corrected chi connectivity index (χ2v) is 5.55. The Kier molecular flexibility index (Phi) is 3.05. The summed E-state index contributed by atoms with van der Waals surface area (Å²) in [5, 5.41) is 12.1. The fourth-order valence-corrected chi connectivity index (χ4v) is 3.31. The van der Waals surface area contributed by atoms with Crippen molar-refractivity contribution < 1.29 is 5.11 Å². The van der Waals surface area contributed by atoms with Crippen molar-refractivity contribution in [3.63, 3.8) is 0 Å². The Labute approximate surface area is 109 Å². The van der Waals surface area contributed by atoms with E-state index in [1.807, 2.05) is 11.4 Å². The first-order chi connectivity index (χ1) is 8.78. The first kappa shape index (κ1) is 11.7. The summed E-state index contributed by atoms with van der Waals surface area (Å²) < 4.78 is 0. The maximum atomic E-state index is 9.00. The Balaban J connectivity index is 1.92. The van der Waals surface area contributed by atoms with Crippen molar-refractivity contribution in [1.82, 2.24) is 9.97 Å². The van der Waals surface area contributed by atoms with Gasteiger partial charge in [-0.1, -0.05) is 0 Å². The largest absolute Gasteiger partial charge is 0.396 e. The molecule has 0 aliphatic carbocycles. The zero-order valence-electron chi connectivity index (χ0n) is 10.0. The van der Waals surface area contributed by atoms with Gasteiger partial charge in [0.1, 0.15) is 10.6 Å². The third-order valence-electron chi connectivity index (χ3n) is 3.44. The number of nitrogens with two attached hydrogens (primary N) is 1. The van der Waals surface area contributed by atoms with Crippen molar-refractivity contribution in [2.45, 2.75) is 12.8 Å². The number of fused-ring (bicyclic) bond motifs is 1. The highest BCUT2D eigenvalue weighted by molar-refractivity contribution is 7.16. The molecule has 0 aromatic carbocycles. The Hall–Kier alpha value is -1.40. The van der Waals surface area contributed by atoms with Gasteiger partial charge in [-0.15, -0.1) is 11.3 Å². The first-order valence-corrected chi connectivity index (χ1v) is 7.02. The van der Waals surface area contributed by atoms with Gasteiger partial charge in [0.05, 0.1) is 5.39 Å². The monoisotopic (exact) mass is 264 g/mol. The van der Waals surface area contributed by atoms with Gasteiger partial charge in [0.2, 0.25) is 5.95 Å². The van der Waals surface area contributed by atoms with E-state index in [0.29, 0.717) is 11.9 Å². The fourth-order valence-electron chi connectivity index (χ4n) is 2.54. The van der Waals surface area contributed by atoms with Crippen molar-refractivity contribution in [1.29, 1.82) is 0 Å². The molecule has 5 nitrogen and oxygen atoms in total. The fraction of sp³-hybridized carbons (Fsp3) is 0.500. The number of nitrogens with zero attached hydrogens (tertiary/aromatic N) is 3. The standard InChI is InChI=1S/C12H16N4OS/c13-12-14-10(9-3-6-18-11(9)15-12)16-4-1-8(7-16)2-5-17/h3,6,8,17H,1-2,4-5,7H2,(H2,13,14,15). The normalized spacial score (nSPS) is 19.8. The number of aliphatic hydroxyl groups is 1. The molecule has 3 heterocycles. The highest BCUT2D eigenvalue weighted by Gasteiger charge is 2.25. The number of aliphatic hydroxyl groups excluding tert-OH is 1. The molecule has 1 atom stereocenters. The summed E-state index contributed by atoms with van der Waals surface area (Å²) in [6.45, 7) is 2.19. The number of aromatic nitrogens is 2. The zero-order chi connectivity index (χ0) is 12.5. The van der Waals surface area contributed by atoms with E-state index in [1.165, 1.54) is 0 Å². The molecule has 3 rings (SSSR count). The van der Waals surface area contributed by atoms with Gasteiger partial charge < -0.3 is 15.7 Å². The average molecular weight is 264 g/mol. The smallest absolute Gasteiger partial charge is 0.223 e. The Bertz CT molecular complexity index is 556. The molecule has 3 N–H and O–H groups in total. The summed E-state index contributed by atoms with van der Waals surface area (Å²) in [5.74, 6) is 1.84. The minimum atomic E-state index is 0.262. The van der Waals surface area contributed by atoms with E-state index in [0.717, 1.165) is 42.0 Å². The van der Waals surface area contributed by atoms with Gasteiger partial charge in [-0.2, -0.15) is 4.98 Å². The minimum Gasteiger partial charge on any atom is -0.396 e. The lowest BCUT2D eigenvalue weighted by Crippen LogP contribution is -2.21. The Morgan fingerprint density at radius 1 is 1.50 bits per heavy atom. The molecule has 1 unspecified atom stereocenters. The maximum Gasteiger partial charge on any atom is 0.223 e. The van der Waals surface area contributed by atoms with Crippen LogP contribution in [0.3, 0.4) is 0 Å². The second kappa shape index (κ2) is 4.70. The van der Waals surface area contributed by atoms with Gasteiger partial charge in [-0.3, -0.25) is 0 Å². The molecular weight excluding hydrogens is 248 g/mol. The van der Waals surface area contributed by atoms with Gasteiger partial charge in [0, 0.05) is 19.7 Å². The number of hydrogen-bond acceptors (Lipinski definition) is 6. The highest BCUT2D eigenvalue weighted by Crippen LogP contribution is 2.32. The molecule has 18 heavy (non-hydrogen) atoms. The molecule has 2 aromatic heterocycles. The summed E-state index contributed by atoms with van der Waals surface area (Å²) in [5.41, 5.74) is 5.76. The van der Waals surface area contributed by atoms with E-state index in [4.69, 9.17) is 10.8 Å². The molecular formula is C12H16N4OS. The Morgan fingerprint density at radius 3 is 3.22 bits per heavy atom. The van der Waals surface area contributed by atoms with Crippen LogP contribution in [0.1, 0.15) is 12.8 Å². The van der Waals surface area contributed by atoms with Gasteiger partial charge in [0.25, 0.3) is 0 Å². The van der Waals surface area contributed by atoms with E-state index >= 15 is 0 Å². The average Bonchev–Trinajstić information content (AvgIpc) is 2.96. The molecule has 0 saturated carbocycles. The lowest BCUT2D eigenvalue weighted by Gasteiger charge is -2.18. The minimum absolute atomic E-state index is 0.262. The zero-order valence-corrected chi connectivity index (χ0v) is 10.9. The van der Waals surface area contributed by atoms with Gasteiger partial charge >= 0.3 is 0 Å². The van der Waals surface area contributed by atoms with Crippen molar-refractivity contribution in [3.05, 3.63) is 11.4 Å². The van der Waals surface area contributed by atoms with Crippen LogP contribution >= 0.6 is 11.3 Å². The molecule has 0 spiro atoms. The predicted octanol–water partition coefficient (Wildman–Crippen LogP) is 1.48. The van der Waals surface area contributed by atoms with Gasteiger partial charge in [-0.05, 0) is 30.2 Å². The molecule has 96 valence electrons. The van der Waals surface area contributed by atoms with Crippen LogP contribution in [0.5, 0.6) is 0 Å². The van der Waals surface area contributed by atoms with Crippen molar-refractivity contribution >= 4 is 33.3 Å². The van der Waals surface area contributed by atoms with E-state index in [2.05, 4.69) is 14.9 Å². The number of thiophene rings is 1. The summed E-state index contributed by atoms with van der Waals surface area (Å²) in [4.78, 5) is 11.8. The van der Waals surface area contributed by atoms with Crippen LogP contribution in [-0.2, 0) is 0 Å². The predicted molar refractivity (Wildman–Crippen MR) is 73.9 cm³/mol. The number of rotatable bonds is 3. The molecule has 1 fully saturated rings. The molecule has 1 saturated heterocycles. The van der Waals surface area contributed by atoms with E-state index in [9.17, 15) is 0 Å².